The van der Waals surface area contributed by atoms with E-state index in [-0.39, 0.29) is 12.2 Å². The zero-order chi connectivity index (χ0) is 14.2. The molecule has 0 aromatic carbocycles. The maximum absolute atomic E-state index is 14.5. The first-order chi connectivity index (χ1) is 8.93. The zero-order valence-electron chi connectivity index (χ0n) is 10.4. The third-order valence-electron chi connectivity index (χ3n) is 3.41. The first-order valence-corrected chi connectivity index (χ1v) is 5.79. The Balaban J connectivity index is 2.20. The molecule has 7 nitrogen and oxygen atoms in total. The molecule has 1 saturated carbocycles. The molecule has 0 radical (unpaired) electrons. The van der Waals surface area contributed by atoms with E-state index in [1.807, 2.05) is 0 Å². The molecule has 2 unspecified atom stereocenters. The third-order valence-corrected chi connectivity index (χ3v) is 3.41. The van der Waals surface area contributed by atoms with Crippen LogP contribution in [0.15, 0.2) is 17.1 Å². The van der Waals surface area contributed by atoms with E-state index in [1.54, 1.807) is 0 Å². The van der Waals surface area contributed by atoms with Crippen molar-refractivity contribution < 1.29 is 19.3 Å². The van der Waals surface area contributed by atoms with Crippen molar-refractivity contribution in [2.75, 3.05) is 12.3 Å². The second kappa shape index (κ2) is 4.91. The predicted molar refractivity (Wildman–Crippen MR) is 66.9 cm³/mol. The largest absolute Gasteiger partial charge is 0.436 e. The highest BCUT2D eigenvalue weighted by atomic mass is 19.1. The Labute approximate surface area is 109 Å². The van der Waals surface area contributed by atoms with Crippen molar-refractivity contribution in [3.05, 3.63) is 22.7 Å². The second-order valence-corrected chi connectivity index (χ2v) is 4.59. The van der Waals surface area contributed by atoms with E-state index in [0.717, 1.165) is 4.57 Å². The summed E-state index contributed by atoms with van der Waals surface area (Å²) in [4.78, 5) is 15.1. The fraction of sp³-hybridized carbons (Fsp3) is 0.600. The van der Waals surface area contributed by atoms with Crippen LogP contribution in [-0.4, -0.2) is 52.3 Å². The monoisotopic (exact) mass is 271 g/mol. The summed E-state index contributed by atoms with van der Waals surface area (Å²) in [5.74, 6) is 0.0528. The number of anilines is 1. The molecule has 0 amide bonds. The predicted octanol–water partition coefficient (Wildman–Crippen LogP) is -2.23. The van der Waals surface area contributed by atoms with Crippen LogP contribution in [0, 0.1) is 0 Å². The van der Waals surface area contributed by atoms with Gasteiger partial charge in [0.15, 0.2) is 5.67 Å². The van der Waals surface area contributed by atoms with E-state index < -0.39 is 36.2 Å². The van der Waals surface area contributed by atoms with Crippen LogP contribution in [-0.2, 0) is 4.65 Å². The molecule has 4 N–H and O–H groups in total. The molecule has 1 heterocycles. The quantitative estimate of drug-likeness (QED) is 0.522. The molecular weight excluding hydrogens is 256 g/mol. The van der Waals surface area contributed by atoms with E-state index in [1.165, 1.54) is 20.3 Å². The SMILES string of the molecule is BOC(CO)[C@H](O)C1(F)C[C@H]1n1ccc(N)nc1=O. The zero-order valence-corrected chi connectivity index (χ0v) is 10.4. The van der Waals surface area contributed by atoms with Crippen LogP contribution < -0.4 is 11.4 Å². The minimum atomic E-state index is -2.01. The van der Waals surface area contributed by atoms with Gasteiger partial charge in [0.1, 0.15) is 11.9 Å². The van der Waals surface area contributed by atoms with E-state index in [9.17, 15) is 14.3 Å². The van der Waals surface area contributed by atoms with Crippen LogP contribution >= 0.6 is 0 Å². The lowest BCUT2D eigenvalue weighted by atomic mass is 10.1. The number of aliphatic hydroxyl groups is 2. The van der Waals surface area contributed by atoms with Gasteiger partial charge in [0.25, 0.3) is 8.05 Å². The van der Waals surface area contributed by atoms with Crippen molar-refractivity contribution in [1.82, 2.24) is 9.55 Å². The fourth-order valence-corrected chi connectivity index (χ4v) is 2.16. The van der Waals surface area contributed by atoms with Gasteiger partial charge in [-0.25, -0.2) is 9.18 Å². The van der Waals surface area contributed by atoms with Crippen molar-refractivity contribution in [2.45, 2.75) is 30.3 Å². The van der Waals surface area contributed by atoms with Crippen molar-refractivity contribution >= 4 is 13.9 Å². The van der Waals surface area contributed by atoms with E-state index in [0.29, 0.717) is 0 Å². The highest BCUT2D eigenvalue weighted by Gasteiger charge is 2.63. The van der Waals surface area contributed by atoms with Gasteiger partial charge < -0.3 is 20.6 Å². The highest BCUT2D eigenvalue weighted by Crippen LogP contribution is 2.53. The smallest absolute Gasteiger partial charge is 0.349 e. The maximum atomic E-state index is 14.5. The van der Waals surface area contributed by atoms with Crippen LogP contribution in [0.1, 0.15) is 12.5 Å². The maximum Gasteiger partial charge on any atom is 0.349 e. The molecule has 9 heteroatoms. The number of nitrogens with zero attached hydrogens (tertiary/aromatic N) is 2. The summed E-state index contributed by atoms with van der Waals surface area (Å²) < 4.78 is 20.4. The molecule has 1 fully saturated rings. The Hall–Kier alpha value is -1.45. The lowest BCUT2D eigenvalue weighted by molar-refractivity contribution is -0.0503. The fourth-order valence-electron chi connectivity index (χ4n) is 2.16. The Bertz CT molecular complexity index is 524. The number of hydrogen-bond acceptors (Lipinski definition) is 6. The van der Waals surface area contributed by atoms with Crippen molar-refractivity contribution in [2.24, 2.45) is 0 Å². The van der Waals surface area contributed by atoms with Gasteiger partial charge in [-0.15, -0.1) is 0 Å². The van der Waals surface area contributed by atoms with E-state index >= 15 is 0 Å². The van der Waals surface area contributed by atoms with Crippen molar-refractivity contribution in [1.29, 1.82) is 0 Å². The number of halogens is 1. The highest BCUT2D eigenvalue weighted by molar-refractivity contribution is 5.98. The Morgan fingerprint density at radius 3 is 3.00 bits per heavy atom. The summed E-state index contributed by atoms with van der Waals surface area (Å²) in [7, 11) is 1.27. The number of nitrogen functional groups attached to an aromatic ring is 1. The van der Waals surface area contributed by atoms with Gasteiger partial charge in [-0.3, -0.25) is 4.57 Å². The lowest BCUT2D eigenvalue weighted by Gasteiger charge is -2.24. The summed E-state index contributed by atoms with van der Waals surface area (Å²) in [5.41, 5.74) is 2.67. The van der Waals surface area contributed by atoms with Crippen LogP contribution in [0.2, 0.25) is 0 Å². The number of hydrogen-bond donors (Lipinski definition) is 3. The Kier molecular flexibility index (Phi) is 3.61. The number of alkyl halides is 1. The molecule has 1 aliphatic rings. The van der Waals surface area contributed by atoms with Gasteiger partial charge in [0.2, 0.25) is 0 Å². The first kappa shape index (κ1) is 14.0. The molecule has 0 bridgehead atoms. The number of aliphatic hydroxyl groups excluding tert-OH is 2. The van der Waals surface area contributed by atoms with Crippen LogP contribution in [0.5, 0.6) is 0 Å². The molecule has 1 aromatic rings. The summed E-state index contributed by atoms with van der Waals surface area (Å²) >= 11 is 0. The molecule has 0 saturated heterocycles. The molecular formula is C10H15BFN3O4. The Morgan fingerprint density at radius 1 is 1.79 bits per heavy atom. The normalized spacial score (nSPS) is 28.9. The first-order valence-electron chi connectivity index (χ1n) is 5.79. The number of rotatable bonds is 5. The molecule has 0 aliphatic heterocycles. The second-order valence-electron chi connectivity index (χ2n) is 4.59. The third kappa shape index (κ3) is 2.36. The lowest BCUT2D eigenvalue weighted by Crippen LogP contribution is -2.42. The van der Waals surface area contributed by atoms with E-state index in [4.69, 9.17) is 15.5 Å². The summed E-state index contributed by atoms with van der Waals surface area (Å²) in [6, 6.07) is 0.555. The molecule has 1 aliphatic carbocycles. The summed E-state index contributed by atoms with van der Waals surface area (Å²) in [6.07, 6.45) is -1.26. The molecule has 19 heavy (non-hydrogen) atoms. The molecule has 0 spiro atoms. The molecule has 2 rings (SSSR count). The number of aromatic nitrogens is 2. The molecule has 4 atom stereocenters. The van der Waals surface area contributed by atoms with Crippen molar-refractivity contribution in [3.63, 3.8) is 0 Å². The average Bonchev–Trinajstić information content (AvgIpc) is 3.04. The van der Waals surface area contributed by atoms with Gasteiger partial charge in [-0.1, -0.05) is 0 Å². The number of nitrogens with two attached hydrogens (primary N) is 1. The van der Waals surface area contributed by atoms with Gasteiger partial charge >= 0.3 is 5.69 Å². The van der Waals surface area contributed by atoms with Gasteiger partial charge in [-0.2, -0.15) is 4.98 Å². The topological polar surface area (TPSA) is 111 Å². The minimum Gasteiger partial charge on any atom is -0.436 e. The van der Waals surface area contributed by atoms with Crippen LogP contribution in [0.4, 0.5) is 10.2 Å². The van der Waals surface area contributed by atoms with Gasteiger partial charge in [0, 0.05) is 12.6 Å². The standard InChI is InChI=1S/C10H15BFN3O4/c11-19-5(4-16)8(17)10(12)3-6(10)15-2-1-7(13)14-9(15)18/h1-2,5-6,8,16-17H,3-4,11H2,(H2,13,14,18)/t5?,6-,8+,10?/m1/s1. The summed E-state index contributed by atoms with van der Waals surface area (Å²) in [5, 5.41) is 18.9. The molecule has 1 aromatic heterocycles. The van der Waals surface area contributed by atoms with E-state index in [2.05, 4.69) is 4.98 Å². The minimum absolute atomic E-state index is 0.0421. The molecule has 104 valence electrons. The van der Waals surface area contributed by atoms with Crippen LogP contribution in [0.25, 0.3) is 0 Å². The van der Waals surface area contributed by atoms with Gasteiger partial charge in [-0.05, 0) is 6.07 Å². The Morgan fingerprint density at radius 2 is 2.47 bits per heavy atom. The average molecular weight is 271 g/mol. The van der Waals surface area contributed by atoms with Gasteiger partial charge in [0.05, 0.1) is 18.8 Å². The van der Waals surface area contributed by atoms with Crippen molar-refractivity contribution in [3.8, 4) is 0 Å². The summed E-state index contributed by atoms with van der Waals surface area (Å²) in [6.45, 7) is -0.509. The van der Waals surface area contributed by atoms with Crippen LogP contribution in [0.3, 0.4) is 0 Å².